The zero-order chi connectivity index (χ0) is 16.8. The summed E-state index contributed by atoms with van der Waals surface area (Å²) in [5, 5.41) is 3.49. The first kappa shape index (κ1) is 16.5. The molecule has 0 saturated heterocycles. The summed E-state index contributed by atoms with van der Waals surface area (Å²) in [4.78, 5) is 12.6. The highest BCUT2D eigenvalue weighted by molar-refractivity contribution is 9.10. The second kappa shape index (κ2) is 7.93. The van der Waals surface area contributed by atoms with Gasteiger partial charge in [0, 0.05) is 22.1 Å². The molecule has 0 heterocycles. The molecule has 0 radical (unpaired) electrons. The van der Waals surface area contributed by atoms with Gasteiger partial charge in [0.15, 0.2) is 5.78 Å². The van der Waals surface area contributed by atoms with Gasteiger partial charge in [-0.05, 0) is 23.8 Å². The van der Waals surface area contributed by atoms with E-state index in [1.165, 1.54) is 0 Å². The molecule has 120 valence electrons. The van der Waals surface area contributed by atoms with E-state index < -0.39 is 0 Å². The molecule has 0 aliphatic carbocycles. The van der Waals surface area contributed by atoms with E-state index in [4.69, 9.17) is 0 Å². The minimum absolute atomic E-state index is 0.0757. The molecule has 0 amide bonds. The van der Waals surface area contributed by atoms with Gasteiger partial charge in [0.1, 0.15) is 0 Å². The molecule has 3 rings (SSSR count). The van der Waals surface area contributed by atoms with Crippen molar-refractivity contribution in [2.45, 2.75) is 12.5 Å². The van der Waals surface area contributed by atoms with Gasteiger partial charge >= 0.3 is 0 Å². The number of nitrogens with one attached hydrogen (secondary N) is 1. The number of hydrogen-bond acceptors (Lipinski definition) is 2. The first-order valence-electron chi connectivity index (χ1n) is 7.87. The van der Waals surface area contributed by atoms with Gasteiger partial charge in [0.25, 0.3) is 0 Å². The predicted molar refractivity (Wildman–Crippen MR) is 102 cm³/mol. The van der Waals surface area contributed by atoms with Gasteiger partial charge in [0.2, 0.25) is 0 Å². The van der Waals surface area contributed by atoms with Crippen LogP contribution in [-0.2, 0) is 0 Å². The van der Waals surface area contributed by atoms with Crippen molar-refractivity contribution in [3.8, 4) is 0 Å². The zero-order valence-electron chi connectivity index (χ0n) is 13.2. The molecule has 3 heteroatoms. The molecule has 1 N–H and O–H groups in total. The molecule has 0 aromatic heterocycles. The molecule has 3 aromatic rings. The lowest BCUT2D eigenvalue weighted by atomic mass is 9.97. The van der Waals surface area contributed by atoms with E-state index in [2.05, 4.69) is 21.2 Å². The minimum Gasteiger partial charge on any atom is -0.378 e. The Morgan fingerprint density at radius 3 is 2.21 bits per heavy atom. The van der Waals surface area contributed by atoms with Gasteiger partial charge < -0.3 is 5.32 Å². The SMILES string of the molecule is O=C(C[C@H](Nc1cccc(Br)c1)c1ccccc1)c1ccccc1. The van der Waals surface area contributed by atoms with E-state index >= 15 is 0 Å². The normalized spacial score (nSPS) is 11.7. The van der Waals surface area contributed by atoms with Crippen LogP contribution in [0.1, 0.15) is 28.4 Å². The number of carbonyl (C=O) groups excluding carboxylic acids is 1. The van der Waals surface area contributed by atoms with Gasteiger partial charge in [0.05, 0.1) is 6.04 Å². The molecule has 24 heavy (non-hydrogen) atoms. The second-order valence-corrected chi connectivity index (χ2v) is 6.53. The average molecular weight is 380 g/mol. The third kappa shape index (κ3) is 4.33. The van der Waals surface area contributed by atoms with Crippen molar-refractivity contribution < 1.29 is 4.79 Å². The van der Waals surface area contributed by atoms with Crippen LogP contribution in [0.2, 0.25) is 0 Å². The Morgan fingerprint density at radius 1 is 0.875 bits per heavy atom. The highest BCUT2D eigenvalue weighted by Gasteiger charge is 2.17. The summed E-state index contributed by atoms with van der Waals surface area (Å²) in [5.74, 6) is 0.131. The van der Waals surface area contributed by atoms with Crippen molar-refractivity contribution in [3.63, 3.8) is 0 Å². The maximum Gasteiger partial charge on any atom is 0.165 e. The quantitative estimate of drug-likeness (QED) is 0.542. The molecule has 0 spiro atoms. The van der Waals surface area contributed by atoms with Crippen LogP contribution >= 0.6 is 15.9 Å². The topological polar surface area (TPSA) is 29.1 Å². The van der Waals surface area contributed by atoms with Crippen molar-refractivity contribution in [1.29, 1.82) is 0 Å². The maximum absolute atomic E-state index is 12.6. The number of ketones is 1. The van der Waals surface area contributed by atoms with Gasteiger partial charge in [-0.1, -0.05) is 82.7 Å². The van der Waals surface area contributed by atoms with Crippen molar-refractivity contribution >= 4 is 27.4 Å². The van der Waals surface area contributed by atoms with E-state index in [0.29, 0.717) is 6.42 Å². The fourth-order valence-corrected chi connectivity index (χ4v) is 3.04. The summed E-state index contributed by atoms with van der Waals surface area (Å²) in [6, 6.07) is 27.4. The van der Waals surface area contributed by atoms with Crippen LogP contribution in [0.4, 0.5) is 5.69 Å². The number of Topliss-reactive ketones (excluding diaryl/α,β-unsaturated/α-hetero) is 1. The van der Waals surface area contributed by atoms with Gasteiger partial charge in [-0.2, -0.15) is 0 Å². The van der Waals surface area contributed by atoms with Crippen molar-refractivity contribution in [3.05, 3.63) is 101 Å². The third-order valence-electron chi connectivity index (χ3n) is 3.85. The second-order valence-electron chi connectivity index (χ2n) is 5.61. The number of rotatable bonds is 6. The number of anilines is 1. The van der Waals surface area contributed by atoms with Crippen LogP contribution in [0.3, 0.4) is 0 Å². The number of halogens is 1. The smallest absolute Gasteiger partial charge is 0.165 e. The van der Waals surface area contributed by atoms with E-state index in [1.807, 2.05) is 84.9 Å². The zero-order valence-corrected chi connectivity index (χ0v) is 14.7. The number of benzene rings is 3. The van der Waals surface area contributed by atoms with E-state index in [0.717, 1.165) is 21.3 Å². The first-order chi connectivity index (χ1) is 11.7. The Labute approximate surface area is 150 Å². The Hall–Kier alpha value is -2.39. The number of hydrogen-bond donors (Lipinski definition) is 1. The molecule has 3 aromatic carbocycles. The summed E-state index contributed by atoms with van der Waals surface area (Å²) in [5.41, 5.74) is 2.83. The summed E-state index contributed by atoms with van der Waals surface area (Å²) < 4.78 is 1.01. The van der Waals surface area contributed by atoms with E-state index in [1.54, 1.807) is 0 Å². The fourth-order valence-electron chi connectivity index (χ4n) is 2.64. The lowest BCUT2D eigenvalue weighted by molar-refractivity contribution is 0.0976. The van der Waals surface area contributed by atoms with Gasteiger partial charge in [-0.15, -0.1) is 0 Å². The molecule has 0 aliphatic heterocycles. The predicted octanol–water partition coefficient (Wildman–Crippen LogP) is 5.88. The first-order valence-corrected chi connectivity index (χ1v) is 8.67. The molecule has 2 nitrogen and oxygen atoms in total. The van der Waals surface area contributed by atoms with Crippen LogP contribution < -0.4 is 5.32 Å². The van der Waals surface area contributed by atoms with Crippen LogP contribution in [0.5, 0.6) is 0 Å². The molecule has 0 saturated carbocycles. The minimum atomic E-state index is -0.0757. The van der Waals surface area contributed by atoms with Crippen molar-refractivity contribution in [2.75, 3.05) is 5.32 Å². The Morgan fingerprint density at radius 2 is 1.54 bits per heavy atom. The summed E-state index contributed by atoms with van der Waals surface area (Å²) in [6.07, 6.45) is 0.403. The Kier molecular flexibility index (Phi) is 5.44. The van der Waals surface area contributed by atoms with E-state index in [9.17, 15) is 4.79 Å². The summed E-state index contributed by atoms with van der Waals surface area (Å²) >= 11 is 3.49. The van der Waals surface area contributed by atoms with E-state index in [-0.39, 0.29) is 11.8 Å². The molecular formula is C21H18BrNO. The average Bonchev–Trinajstić information content (AvgIpc) is 2.63. The third-order valence-corrected chi connectivity index (χ3v) is 4.35. The van der Waals surface area contributed by atoms with Crippen molar-refractivity contribution in [2.24, 2.45) is 0 Å². The maximum atomic E-state index is 12.6. The van der Waals surface area contributed by atoms with Crippen LogP contribution in [-0.4, -0.2) is 5.78 Å². The van der Waals surface area contributed by atoms with Crippen LogP contribution in [0, 0.1) is 0 Å². The lowest BCUT2D eigenvalue weighted by Gasteiger charge is -2.20. The monoisotopic (exact) mass is 379 g/mol. The molecule has 0 aliphatic rings. The molecular weight excluding hydrogens is 362 g/mol. The summed E-state index contributed by atoms with van der Waals surface area (Å²) in [7, 11) is 0. The Balaban J connectivity index is 1.84. The van der Waals surface area contributed by atoms with Crippen LogP contribution in [0.15, 0.2) is 89.4 Å². The lowest BCUT2D eigenvalue weighted by Crippen LogP contribution is -2.15. The Bertz CT molecular complexity index is 802. The van der Waals surface area contributed by atoms with Gasteiger partial charge in [-0.3, -0.25) is 4.79 Å². The standard InChI is InChI=1S/C21H18BrNO/c22-18-12-7-13-19(14-18)23-20(16-8-3-1-4-9-16)15-21(24)17-10-5-2-6-11-17/h1-14,20,23H,15H2/t20-/m0/s1. The molecule has 0 unspecified atom stereocenters. The number of carbonyl (C=O) groups is 1. The molecule has 0 bridgehead atoms. The summed E-state index contributed by atoms with van der Waals surface area (Å²) in [6.45, 7) is 0. The molecule has 1 atom stereocenters. The highest BCUT2D eigenvalue weighted by Crippen LogP contribution is 2.26. The van der Waals surface area contributed by atoms with Crippen LogP contribution in [0.25, 0.3) is 0 Å². The molecule has 0 fully saturated rings. The largest absolute Gasteiger partial charge is 0.378 e. The highest BCUT2D eigenvalue weighted by atomic mass is 79.9. The van der Waals surface area contributed by atoms with Crippen molar-refractivity contribution in [1.82, 2.24) is 0 Å². The van der Waals surface area contributed by atoms with Gasteiger partial charge in [-0.25, -0.2) is 0 Å². The fraction of sp³-hybridized carbons (Fsp3) is 0.0952.